The maximum atomic E-state index is 10.8. The monoisotopic (exact) mass is 156 g/mol. The molecule has 0 saturated heterocycles. The highest BCUT2D eigenvalue weighted by Gasteiger charge is 2.28. The van der Waals surface area contributed by atoms with Crippen molar-refractivity contribution in [2.45, 2.75) is 18.9 Å². The summed E-state index contributed by atoms with van der Waals surface area (Å²) in [7, 11) is 0. The lowest BCUT2D eigenvalue weighted by atomic mass is 9.98. The van der Waals surface area contributed by atoms with E-state index in [1.807, 2.05) is 0 Å². The Morgan fingerprint density at radius 2 is 2.36 bits per heavy atom. The van der Waals surface area contributed by atoms with Crippen molar-refractivity contribution in [2.75, 3.05) is 0 Å². The lowest BCUT2D eigenvalue weighted by Crippen LogP contribution is -2.52. The number of nitrogens with one attached hydrogen (secondary N) is 1. The smallest absolute Gasteiger partial charge is 0.243 e. The number of carbonyl (C=O) groups excluding carboxylic acids is 2. The molecule has 0 aliphatic carbocycles. The van der Waals surface area contributed by atoms with Gasteiger partial charge in [0.2, 0.25) is 12.3 Å². The van der Waals surface area contributed by atoms with Gasteiger partial charge >= 0.3 is 0 Å². The standard InChI is InChI=1S/C7H12N2O2/c1-3-4-7(2,6(8)11)9-5-10/h3,5H,1,4H2,2H3,(H2,8,11)(H,9,10). The molecule has 1 atom stereocenters. The van der Waals surface area contributed by atoms with Crippen LogP contribution in [-0.4, -0.2) is 17.9 Å². The SMILES string of the molecule is C=CCC(C)(NC=O)C(N)=O. The predicted molar refractivity (Wildman–Crippen MR) is 41.6 cm³/mol. The molecule has 0 aromatic heterocycles. The summed E-state index contributed by atoms with van der Waals surface area (Å²) in [5, 5.41) is 2.33. The summed E-state index contributed by atoms with van der Waals surface area (Å²) in [4.78, 5) is 20.8. The molecule has 62 valence electrons. The maximum absolute atomic E-state index is 10.8. The quantitative estimate of drug-likeness (QED) is 0.418. The first-order valence-corrected chi connectivity index (χ1v) is 3.19. The van der Waals surface area contributed by atoms with Gasteiger partial charge in [0.05, 0.1) is 0 Å². The van der Waals surface area contributed by atoms with Crippen molar-refractivity contribution in [1.82, 2.24) is 5.32 Å². The molecule has 0 spiro atoms. The summed E-state index contributed by atoms with van der Waals surface area (Å²) in [6.07, 6.45) is 2.32. The zero-order chi connectivity index (χ0) is 8.91. The van der Waals surface area contributed by atoms with Gasteiger partial charge in [-0.05, 0) is 13.3 Å². The molecular formula is C7H12N2O2. The van der Waals surface area contributed by atoms with E-state index in [4.69, 9.17) is 5.73 Å². The van der Waals surface area contributed by atoms with Gasteiger partial charge in [-0.1, -0.05) is 6.08 Å². The molecule has 4 heteroatoms. The summed E-state index contributed by atoms with van der Waals surface area (Å²) in [5.74, 6) is -0.565. The first-order valence-electron chi connectivity index (χ1n) is 3.19. The Morgan fingerprint density at radius 1 is 1.82 bits per heavy atom. The molecule has 0 heterocycles. The van der Waals surface area contributed by atoms with Gasteiger partial charge in [-0.15, -0.1) is 6.58 Å². The third kappa shape index (κ3) is 2.41. The number of hydrogen-bond donors (Lipinski definition) is 2. The van der Waals surface area contributed by atoms with Crippen LogP contribution in [0.4, 0.5) is 0 Å². The van der Waals surface area contributed by atoms with Gasteiger partial charge in [-0.3, -0.25) is 9.59 Å². The minimum absolute atomic E-state index is 0.334. The fourth-order valence-corrected chi connectivity index (χ4v) is 0.649. The molecule has 1 unspecified atom stereocenters. The molecule has 11 heavy (non-hydrogen) atoms. The molecule has 4 nitrogen and oxygen atoms in total. The van der Waals surface area contributed by atoms with E-state index >= 15 is 0 Å². The first kappa shape index (κ1) is 9.68. The molecular weight excluding hydrogens is 144 g/mol. The lowest BCUT2D eigenvalue weighted by Gasteiger charge is -2.22. The van der Waals surface area contributed by atoms with Gasteiger partial charge in [0.25, 0.3) is 0 Å². The average molecular weight is 156 g/mol. The van der Waals surface area contributed by atoms with Crippen LogP contribution in [0.2, 0.25) is 0 Å². The zero-order valence-corrected chi connectivity index (χ0v) is 6.46. The molecule has 0 bridgehead atoms. The summed E-state index contributed by atoms with van der Waals surface area (Å²) in [6, 6.07) is 0. The minimum Gasteiger partial charge on any atom is -0.368 e. The maximum Gasteiger partial charge on any atom is 0.243 e. The molecule has 0 radical (unpaired) electrons. The number of hydrogen-bond acceptors (Lipinski definition) is 2. The van der Waals surface area contributed by atoms with Crippen molar-refractivity contribution in [3.05, 3.63) is 12.7 Å². The summed E-state index contributed by atoms with van der Waals surface area (Å²) in [5.41, 5.74) is 4.04. The number of nitrogens with two attached hydrogens (primary N) is 1. The van der Waals surface area contributed by atoms with Crippen LogP contribution in [0.25, 0.3) is 0 Å². The van der Waals surface area contributed by atoms with E-state index in [-0.39, 0.29) is 0 Å². The van der Waals surface area contributed by atoms with E-state index in [1.54, 1.807) is 6.92 Å². The molecule has 0 rings (SSSR count). The minimum atomic E-state index is -0.997. The Hall–Kier alpha value is -1.32. The van der Waals surface area contributed by atoms with Gasteiger partial charge in [0.1, 0.15) is 5.54 Å². The van der Waals surface area contributed by atoms with E-state index in [0.29, 0.717) is 12.8 Å². The van der Waals surface area contributed by atoms with Crippen LogP contribution in [-0.2, 0) is 9.59 Å². The third-order valence-electron chi connectivity index (χ3n) is 1.47. The fraction of sp³-hybridized carbons (Fsp3) is 0.429. The highest BCUT2D eigenvalue weighted by molar-refractivity contribution is 5.86. The molecule has 2 amide bonds. The molecule has 0 fully saturated rings. The lowest BCUT2D eigenvalue weighted by molar-refractivity contribution is -0.126. The fourth-order valence-electron chi connectivity index (χ4n) is 0.649. The topological polar surface area (TPSA) is 72.2 Å². The molecule has 0 aromatic carbocycles. The zero-order valence-electron chi connectivity index (χ0n) is 6.46. The van der Waals surface area contributed by atoms with Crippen LogP contribution in [0.1, 0.15) is 13.3 Å². The van der Waals surface area contributed by atoms with Crippen LogP contribution >= 0.6 is 0 Å². The number of carbonyl (C=O) groups is 2. The Labute approximate surface area is 65.5 Å². The van der Waals surface area contributed by atoms with Gasteiger partial charge in [-0.25, -0.2) is 0 Å². The van der Waals surface area contributed by atoms with Gasteiger partial charge in [-0.2, -0.15) is 0 Å². The molecule has 3 N–H and O–H groups in total. The Morgan fingerprint density at radius 3 is 2.64 bits per heavy atom. The number of primary amides is 1. The van der Waals surface area contributed by atoms with Crippen molar-refractivity contribution < 1.29 is 9.59 Å². The number of amides is 2. The van der Waals surface area contributed by atoms with Gasteiger partial charge in [0, 0.05) is 0 Å². The van der Waals surface area contributed by atoms with Crippen LogP contribution < -0.4 is 11.1 Å². The highest BCUT2D eigenvalue weighted by Crippen LogP contribution is 2.07. The normalized spacial score (nSPS) is 14.6. The average Bonchev–Trinajstić information content (AvgIpc) is 1.88. The molecule has 0 aliphatic heterocycles. The van der Waals surface area contributed by atoms with Crippen LogP contribution in [0, 0.1) is 0 Å². The molecule has 0 saturated carbocycles. The largest absolute Gasteiger partial charge is 0.368 e. The summed E-state index contributed by atoms with van der Waals surface area (Å²) >= 11 is 0. The van der Waals surface area contributed by atoms with Crippen LogP contribution in [0.3, 0.4) is 0 Å². The third-order valence-corrected chi connectivity index (χ3v) is 1.47. The molecule has 0 aromatic rings. The summed E-state index contributed by atoms with van der Waals surface area (Å²) < 4.78 is 0. The predicted octanol–water partition coefficient (Wildman–Crippen LogP) is -0.448. The highest BCUT2D eigenvalue weighted by atomic mass is 16.2. The van der Waals surface area contributed by atoms with Crippen molar-refractivity contribution in [3.8, 4) is 0 Å². The Balaban J connectivity index is 4.35. The van der Waals surface area contributed by atoms with Gasteiger partial charge < -0.3 is 11.1 Å². The second-order valence-corrected chi connectivity index (χ2v) is 2.45. The van der Waals surface area contributed by atoms with Crippen molar-refractivity contribution in [1.29, 1.82) is 0 Å². The second kappa shape index (κ2) is 3.75. The first-order chi connectivity index (χ1) is 5.06. The molecule has 0 aliphatic rings. The van der Waals surface area contributed by atoms with Gasteiger partial charge in [0.15, 0.2) is 0 Å². The second-order valence-electron chi connectivity index (χ2n) is 2.45. The van der Waals surface area contributed by atoms with Crippen molar-refractivity contribution in [3.63, 3.8) is 0 Å². The van der Waals surface area contributed by atoms with E-state index in [1.165, 1.54) is 6.08 Å². The van der Waals surface area contributed by atoms with E-state index < -0.39 is 11.4 Å². The van der Waals surface area contributed by atoms with Crippen molar-refractivity contribution >= 4 is 12.3 Å². The van der Waals surface area contributed by atoms with E-state index in [9.17, 15) is 9.59 Å². The van der Waals surface area contributed by atoms with E-state index in [2.05, 4.69) is 11.9 Å². The number of rotatable bonds is 5. The summed E-state index contributed by atoms with van der Waals surface area (Å²) in [6.45, 7) is 4.99. The van der Waals surface area contributed by atoms with Crippen LogP contribution in [0.5, 0.6) is 0 Å². The Bertz CT molecular complexity index is 167. The van der Waals surface area contributed by atoms with E-state index in [0.717, 1.165) is 0 Å². The van der Waals surface area contributed by atoms with Crippen LogP contribution in [0.15, 0.2) is 12.7 Å². The Kier molecular flexibility index (Phi) is 3.30. The van der Waals surface area contributed by atoms with Crippen molar-refractivity contribution in [2.24, 2.45) is 5.73 Å².